The third-order valence-electron chi connectivity index (χ3n) is 3.35. The summed E-state index contributed by atoms with van der Waals surface area (Å²) in [5, 5.41) is 4.13. The SMILES string of the molecule is CCn1cc(CNS(=O)(=O)c2ccc(CC(C)C)cc2)cn1. The van der Waals surface area contributed by atoms with Gasteiger partial charge in [-0.2, -0.15) is 5.10 Å². The van der Waals surface area contributed by atoms with E-state index in [-0.39, 0.29) is 6.54 Å². The van der Waals surface area contributed by atoms with Crippen LogP contribution in [0, 0.1) is 5.92 Å². The lowest BCUT2D eigenvalue weighted by molar-refractivity contribution is 0.581. The second-order valence-electron chi connectivity index (χ2n) is 5.77. The minimum absolute atomic E-state index is 0.246. The normalized spacial score (nSPS) is 12.0. The maximum atomic E-state index is 12.3. The molecule has 0 bridgehead atoms. The zero-order valence-electron chi connectivity index (χ0n) is 13.3. The summed E-state index contributed by atoms with van der Waals surface area (Å²) in [4.78, 5) is 0.294. The molecule has 2 aromatic rings. The van der Waals surface area contributed by atoms with Crippen molar-refractivity contribution in [1.82, 2.24) is 14.5 Å². The summed E-state index contributed by atoms with van der Waals surface area (Å²) in [6.07, 6.45) is 4.47. The Labute approximate surface area is 132 Å². The van der Waals surface area contributed by atoms with Gasteiger partial charge in [0.25, 0.3) is 0 Å². The van der Waals surface area contributed by atoms with E-state index in [4.69, 9.17) is 0 Å². The van der Waals surface area contributed by atoms with Gasteiger partial charge in [-0.05, 0) is 37.0 Å². The van der Waals surface area contributed by atoms with Gasteiger partial charge in [0.05, 0.1) is 11.1 Å². The molecule has 5 nitrogen and oxygen atoms in total. The van der Waals surface area contributed by atoms with Gasteiger partial charge in [0.15, 0.2) is 0 Å². The highest BCUT2D eigenvalue weighted by molar-refractivity contribution is 7.89. The molecule has 2 rings (SSSR count). The van der Waals surface area contributed by atoms with Gasteiger partial charge in [0.2, 0.25) is 10.0 Å². The predicted molar refractivity (Wildman–Crippen MR) is 86.9 cm³/mol. The van der Waals surface area contributed by atoms with Crippen molar-refractivity contribution in [1.29, 1.82) is 0 Å². The lowest BCUT2D eigenvalue weighted by atomic mass is 10.0. The summed E-state index contributed by atoms with van der Waals surface area (Å²) in [5.74, 6) is 0.552. The largest absolute Gasteiger partial charge is 0.273 e. The first kappa shape index (κ1) is 16.7. The molecule has 22 heavy (non-hydrogen) atoms. The number of aromatic nitrogens is 2. The second-order valence-corrected chi connectivity index (χ2v) is 7.54. The van der Waals surface area contributed by atoms with Gasteiger partial charge in [-0.1, -0.05) is 26.0 Å². The Balaban J connectivity index is 2.03. The van der Waals surface area contributed by atoms with Crippen LogP contribution in [0.25, 0.3) is 0 Å². The van der Waals surface area contributed by atoms with Crippen molar-refractivity contribution >= 4 is 10.0 Å². The third-order valence-corrected chi connectivity index (χ3v) is 4.77. The standard InChI is InChI=1S/C16H23N3O2S/c1-4-19-12-15(10-17-19)11-18-22(20,21)16-7-5-14(6-8-16)9-13(2)3/h5-8,10,12-13,18H,4,9,11H2,1-3H3. The number of rotatable bonds is 7. The van der Waals surface area contributed by atoms with Gasteiger partial charge in [0.1, 0.15) is 0 Å². The van der Waals surface area contributed by atoms with Crippen LogP contribution in [0.2, 0.25) is 0 Å². The highest BCUT2D eigenvalue weighted by Gasteiger charge is 2.14. The molecule has 0 amide bonds. The zero-order valence-corrected chi connectivity index (χ0v) is 14.1. The van der Waals surface area contributed by atoms with Gasteiger partial charge < -0.3 is 0 Å². The fourth-order valence-electron chi connectivity index (χ4n) is 2.21. The first-order valence-electron chi connectivity index (χ1n) is 7.50. The number of hydrogen-bond acceptors (Lipinski definition) is 3. The van der Waals surface area contributed by atoms with Crippen molar-refractivity contribution < 1.29 is 8.42 Å². The van der Waals surface area contributed by atoms with Crippen molar-refractivity contribution in [2.45, 2.75) is 45.2 Å². The van der Waals surface area contributed by atoms with Crippen LogP contribution < -0.4 is 4.72 Å². The monoisotopic (exact) mass is 321 g/mol. The molecule has 0 saturated carbocycles. The minimum atomic E-state index is -3.49. The van der Waals surface area contributed by atoms with Gasteiger partial charge >= 0.3 is 0 Å². The topological polar surface area (TPSA) is 64.0 Å². The predicted octanol–water partition coefficient (Wildman–Crippen LogP) is 2.58. The van der Waals surface area contributed by atoms with E-state index in [1.54, 1.807) is 23.0 Å². The molecule has 1 aromatic heterocycles. The molecule has 0 aliphatic carbocycles. The molecular weight excluding hydrogens is 298 g/mol. The van der Waals surface area contributed by atoms with Crippen LogP contribution in [-0.4, -0.2) is 18.2 Å². The minimum Gasteiger partial charge on any atom is -0.273 e. The average molecular weight is 321 g/mol. The Kier molecular flexibility index (Phi) is 5.37. The Morgan fingerprint density at radius 3 is 2.41 bits per heavy atom. The summed E-state index contributed by atoms with van der Waals surface area (Å²) < 4.78 is 28.9. The van der Waals surface area contributed by atoms with Crippen molar-refractivity contribution in [2.75, 3.05) is 0 Å². The van der Waals surface area contributed by atoms with E-state index >= 15 is 0 Å². The van der Waals surface area contributed by atoms with Crippen LogP contribution in [-0.2, 0) is 29.5 Å². The molecular formula is C16H23N3O2S. The van der Waals surface area contributed by atoms with Crippen molar-refractivity contribution in [3.63, 3.8) is 0 Å². The lowest BCUT2D eigenvalue weighted by Crippen LogP contribution is -2.23. The molecule has 6 heteroatoms. The maximum absolute atomic E-state index is 12.3. The number of benzene rings is 1. The Morgan fingerprint density at radius 1 is 1.18 bits per heavy atom. The Morgan fingerprint density at radius 2 is 1.86 bits per heavy atom. The van der Waals surface area contributed by atoms with Crippen LogP contribution in [0.1, 0.15) is 31.9 Å². The molecule has 0 fully saturated rings. The summed E-state index contributed by atoms with van der Waals surface area (Å²) in [5.41, 5.74) is 2.00. The first-order chi connectivity index (χ1) is 10.4. The van der Waals surface area contributed by atoms with Crippen molar-refractivity contribution in [3.05, 3.63) is 47.8 Å². The fourth-order valence-corrected chi connectivity index (χ4v) is 3.23. The summed E-state index contributed by atoms with van der Waals surface area (Å²) in [6.45, 7) is 7.28. The average Bonchev–Trinajstić information content (AvgIpc) is 2.93. The maximum Gasteiger partial charge on any atom is 0.240 e. The summed E-state index contributed by atoms with van der Waals surface area (Å²) >= 11 is 0. The van der Waals surface area contributed by atoms with Gasteiger partial charge in [-0.25, -0.2) is 13.1 Å². The van der Waals surface area contributed by atoms with Gasteiger partial charge in [-0.15, -0.1) is 0 Å². The number of hydrogen-bond donors (Lipinski definition) is 1. The van der Waals surface area contributed by atoms with Crippen LogP contribution in [0.5, 0.6) is 0 Å². The van der Waals surface area contributed by atoms with E-state index in [2.05, 4.69) is 23.7 Å². The number of sulfonamides is 1. The number of nitrogens with one attached hydrogen (secondary N) is 1. The van der Waals surface area contributed by atoms with Gasteiger partial charge in [-0.3, -0.25) is 4.68 Å². The van der Waals surface area contributed by atoms with E-state index in [1.807, 2.05) is 25.3 Å². The van der Waals surface area contributed by atoms with Crippen LogP contribution in [0.3, 0.4) is 0 Å². The van der Waals surface area contributed by atoms with Crippen LogP contribution >= 0.6 is 0 Å². The van der Waals surface area contributed by atoms with Crippen LogP contribution in [0.15, 0.2) is 41.6 Å². The molecule has 1 N–H and O–H groups in total. The molecule has 0 spiro atoms. The van der Waals surface area contributed by atoms with Crippen molar-refractivity contribution in [2.24, 2.45) is 5.92 Å². The van der Waals surface area contributed by atoms with E-state index in [1.165, 1.54) is 0 Å². The fraction of sp³-hybridized carbons (Fsp3) is 0.438. The lowest BCUT2D eigenvalue weighted by Gasteiger charge is -2.08. The molecule has 1 heterocycles. The summed E-state index contributed by atoms with van der Waals surface area (Å²) in [6, 6.07) is 7.08. The molecule has 120 valence electrons. The highest BCUT2D eigenvalue weighted by Crippen LogP contribution is 2.14. The molecule has 0 atom stereocenters. The van der Waals surface area contributed by atoms with Gasteiger partial charge in [0, 0.05) is 24.8 Å². The Bertz CT molecular complexity index is 703. The first-order valence-corrected chi connectivity index (χ1v) is 8.99. The van der Waals surface area contributed by atoms with E-state index < -0.39 is 10.0 Å². The van der Waals surface area contributed by atoms with E-state index in [0.717, 1.165) is 24.1 Å². The zero-order chi connectivity index (χ0) is 16.2. The molecule has 0 saturated heterocycles. The molecule has 0 radical (unpaired) electrons. The third kappa shape index (κ3) is 4.42. The molecule has 0 aliphatic rings. The molecule has 1 aromatic carbocycles. The number of aryl methyl sites for hydroxylation is 1. The second kappa shape index (κ2) is 7.07. The quantitative estimate of drug-likeness (QED) is 0.852. The van der Waals surface area contributed by atoms with E-state index in [9.17, 15) is 8.42 Å². The van der Waals surface area contributed by atoms with Crippen molar-refractivity contribution in [3.8, 4) is 0 Å². The molecule has 0 aliphatic heterocycles. The number of nitrogens with zero attached hydrogens (tertiary/aromatic N) is 2. The highest BCUT2D eigenvalue weighted by atomic mass is 32.2. The smallest absolute Gasteiger partial charge is 0.240 e. The van der Waals surface area contributed by atoms with E-state index in [0.29, 0.717) is 10.8 Å². The van der Waals surface area contributed by atoms with Crippen LogP contribution in [0.4, 0.5) is 0 Å². The Hall–Kier alpha value is -1.66. The summed E-state index contributed by atoms with van der Waals surface area (Å²) in [7, 11) is -3.49. The molecule has 0 unspecified atom stereocenters.